The maximum atomic E-state index is 5.80. The summed E-state index contributed by atoms with van der Waals surface area (Å²) >= 11 is 1.94. The van der Waals surface area contributed by atoms with Crippen molar-refractivity contribution in [3.63, 3.8) is 0 Å². The van der Waals surface area contributed by atoms with Gasteiger partial charge in [-0.2, -0.15) is 0 Å². The van der Waals surface area contributed by atoms with Crippen LogP contribution >= 0.6 is 11.8 Å². The summed E-state index contributed by atoms with van der Waals surface area (Å²) in [7, 11) is 0. The lowest BCUT2D eigenvalue weighted by Crippen LogP contribution is -2.02. The van der Waals surface area contributed by atoms with E-state index in [9.17, 15) is 0 Å². The van der Waals surface area contributed by atoms with Crippen LogP contribution in [0, 0.1) is 6.92 Å². The lowest BCUT2D eigenvalue weighted by atomic mass is 10.1. The largest absolute Gasteiger partial charge is 0.399 e. The zero-order valence-corrected chi connectivity index (χ0v) is 9.89. The summed E-state index contributed by atoms with van der Waals surface area (Å²) in [5, 5.41) is 0.638. The van der Waals surface area contributed by atoms with Crippen LogP contribution in [0.15, 0.2) is 35.2 Å². The van der Waals surface area contributed by atoms with Crippen molar-refractivity contribution >= 4 is 17.4 Å². The molecular formula is C13H17NS. The molecule has 15 heavy (non-hydrogen) atoms. The Labute approximate surface area is 95.8 Å². The molecule has 1 aromatic carbocycles. The molecule has 0 amide bonds. The molecule has 1 nitrogen and oxygen atoms in total. The molecule has 0 aliphatic heterocycles. The van der Waals surface area contributed by atoms with Gasteiger partial charge in [0.15, 0.2) is 0 Å². The van der Waals surface area contributed by atoms with Crippen molar-refractivity contribution in [3.05, 3.63) is 35.9 Å². The zero-order valence-electron chi connectivity index (χ0n) is 9.07. The van der Waals surface area contributed by atoms with E-state index in [1.54, 1.807) is 0 Å². The summed E-state index contributed by atoms with van der Waals surface area (Å²) in [6.07, 6.45) is 8.47. The number of thioether (sulfide) groups is 1. The van der Waals surface area contributed by atoms with Gasteiger partial charge >= 0.3 is 0 Å². The van der Waals surface area contributed by atoms with Gasteiger partial charge in [-0.1, -0.05) is 18.2 Å². The normalized spacial score (nSPS) is 20.5. The molecular weight excluding hydrogens is 202 g/mol. The molecule has 1 unspecified atom stereocenters. The maximum Gasteiger partial charge on any atom is 0.0325 e. The van der Waals surface area contributed by atoms with Crippen LogP contribution in [-0.2, 0) is 0 Å². The van der Waals surface area contributed by atoms with Gasteiger partial charge in [0.1, 0.15) is 0 Å². The predicted molar refractivity (Wildman–Crippen MR) is 68.2 cm³/mol. The Balaban J connectivity index is 2.12. The van der Waals surface area contributed by atoms with Gasteiger partial charge in [-0.15, -0.1) is 11.8 Å². The molecule has 0 radical (unpaired) electrons. The molecule has 0 saturated heterocycles. The van der Waals surface area contributed by atoms with Crippen molar-refractivity contribution in [3.8, 4) is 0 Å². The lowest BCUT2D eigenvalue weighted by molar-refractivity contribution is 0.741. The second-order valence-corrected chi connectivity index (χ2v) is 5.32. The molecule has 0 aromatic heterocycles. The average Bonchev–Trinajstić information content (AvgIpc) is 2.25. The number of hydrogen-bond donors (Lipinski definition) is 1. The smallest absolute Gasteiger partial charge is 0.0325 e. The first-order chi connectivity index (χ1) is 7.25. The first kappa shape index (κ1) is 10.6. The second-order valence-electron chi connectivity index (χ2n) is 4.04. The highest BCUT2D eigenvalue weighted by Gasteiger charge is 2.11. The van der Waals surface area contributed by atoms with Crippen LogP contribution in [0.2, 0.25) is 0 Å². The van der Waals surface area contributed by atoms with Crippen LogP contribution in [0.4, 0.5) is 5.69 Å². The van der Waals surface area contributed by atoms with E-state index >= 15 is 0 Å². The fourth-order valence-electron chi connectivity index (χ4n) is 1.79. The first-order valence-electron chi connectivity index (χ1n) is 5.45. The maximum absolute atomic E-state index is 5.80. The van der Waals surface area contributed by atoms with E-state index in [0.717, 1.165) is 5.69 Å². The van der Waals surface area contributed by atoms with Crippen LogP contribution in [0.3, 0.4) is 0 Å². The fraction of sp³-hybridized carbons (Fsp3) is 0.385. The predicted octanol–water partition coefficient (Wildman–Crippen LogP) is 3.78. The number of nitrogens with two attached hydrogens (primary N) is 1. The minimum Gasteiger partial charge on any atom is -0.399 e. The highest BCUT2D eigenvalue weighted by molar-refractivity contribution is 8.00. The molecule has 0 heterocycles. The minimum atomic E-state index is 0.638. The van der Waals surface area contributed by atoms with Crippen molar-refractivity contribution in [2.75, 3.05) is 5.73 Å². The van der Waals surface area contributed by atoms with E-state index in [-0.39, 0.29) is 0 Å². The molecule has 0 fully saturated rings. The Morgan fingerprint density at radius 3 is 3.00 bits per heavy atom. The number of hydrogen-bond acceptors (Lipinski definition) is 2. The third-order valence-electron chi connectivity index (χ3n) is 2.70. The highest BCUT2D eigenvalue weighted by atomic mass is 32.2. The third-order valence-corrected chi connectivity index (χ3v) is 4.09. The second kappa shape index (κ2) is 4.75. The van der Waals surface area contributed by atoms with Crippen molar-refractivity contribution in [2.45, 2.75) is 36.3 Å². The van der Waals surface area contributed by atoms with E-state index in [1.807, 2.05) is 17.8 Å². The Kier molecular flexibility index (Phi) is 3.37. The summed E-state index contributed by atoms with van der Waals surface area (Å²) in [5.41, 5.74) is 7.99. The van der Waals surface area contributed by atoms with E-state index in [2.05, 4.69) is 31.2 Å². The molecule has 2 N–H and O–H groups in total. The van der Waals surface area contributed by atoms with Crippen LogP contribution in [-0.4, -0.2) is 5.25 Å². The van der Waals surface area contributed by atoms with Crippen molar-refractivity contribution in [1.29, 1.82) is 0 Å². The number of anilines is 1. The summed E-state index contributed by atoms with van der Waals surface area (Å²) in [5.74, 6) is 0. The van der Waals surface area contributed by atoms with Gasteiger partial charge < -0.3 is 5.73 Å². The standard InChI is InChI=1S/C13H17NS/c1-10-7-8-11(14)9-13(10)15-12-5-3-2-4-6-12/h3,5,7-9,12H,2,4,6,14H2,1H3. The topological polar surface area (TPSA) is 26.0 Å². The molecule has 1 atom stereocenters. The van der Waals surface area contributed by atoms with Gasteiger partial charge in [0.2, 0.25) is 0 Å². The summed E-state index contributed by atoms with van der Waals surface area (Å²) in [6.45, 7) is 2.15. The summed E-state index contributed by atoms with van der Waals surface area (Å²) in [6, 6.07) is 6.16. The molecule has 0 spiro atoms. The van der Waals surface area contributed by atoms with Crippen molar-refractivity contribution in [2.24, 2.45) is 0 Å². The molecule has 2 rings (SSSR count). The molecule has 1 aliphatic carbocycles. The van der Waals surface area contributed by atoms with Gasteiger partial charge in [-0.25, -0.2) is 0 Å². The number of allylic oxidation sites excluding steroid dienone is 1. The minimum absolute atomic E-state index is 0.638. The van der Waals surface area contributed by atoms with Crippen LogP contribution in [0.25, 0.3) is 0 Å². The van der Waals surface area contributed by atoms with Crippen LogP contribution in [0.5, 0.6) is 0 Å². The lowest BCUT2D eigenvalue weighted by Gasteiger charge is -2.17. The number of aryl methyl sites for hydroxylation is 1. The molecule has 0 saturated carbocycles. The van der Waals surface area contributed by atoms with Crippen molar-refractivity contribution < 1.29 is 0 Å². The van der Waals surface area contributed by atoms with Crippen LogP contribution in [0.1, 0.15) is 24.8 Å². The van der Waals surface area contributed by atoms with Crippen LogP contribution < -0.4 is 5.73 Å². The Hall–Kier alpha value is -0.890. The third kappa shape index (κ3) is 2.78. The zero-order chi connectivity index (χ0) is 10.7. The number of benzene rings is 1. The SMILES string of the molecule is Cc1ccc(N)cc1SC1C=CCCC1. The van der Waals surface area contributed by atoms with Gasteiger partial charge in [0.05, 0.1) is 0 Å². The van der Waals surface area contributed by atoms with Gasteiger partial charge in [-0.3, -0.25) is 0 Å². The Morgan fingerprint density at radius 2 is 2.27 bits per heavy atom. The van der Waals surface area contributed by atoms with Gasteiger partial charge in [-0.05, 0) is 43.9 Å². The molecule has 1 aromatic rings. The van der Waals surface area contributed by atoms with E-state index in [4.69, 9.17) is 5.73 Å². The highest BCUT2D eigenvalue weighted by Crippen LogP contribution is 2.33. The van der Waals surface area contributed by atoms with E-state index in [1.165, 1.54) is 29.7 Å². The average molecular weight is 219 g/mol. The Morgan fingerprint density at radius 1 is 1.40 bits per heavy atom. The summed E-state index contributed by atoms with van der Waals surface area (Å²) in [4.78, 5) is 1.33. The van der Waals surface area contributed by atoms with E-state index < -0.39 is 0 Å². The molecule has 0 bridgehead atoms. The molecule has 80 valence electrons. The van der Waals surface area contributed by atoms with Gasteiger partial charge in [0, 0.05) is 15.8 Å². The molecule has 1 aliphatic rings. The Bertz CT molecular complexity index is 371. The number of nitrogen functional groups attached to an aromatic ring is 1. The monoisotopic (exact) mass is 219 g/mol. The first-order valence-corrected chi connectivity index (χ1v) is 6.33. The summed E-state index contributed by atoms with van der Waals surface area (Å²) < 4.78 is 0. The fourth-order valence-corrected chi connectivity index (χ4v) is 3.04. The quantitative estimate of drug-likeness (QED) is 0.605. The van der Waals surface area contributed by atoms with Gasteiger partial charge in [0.25, 0.3) is 0 Å². The molecule has 2 heteroatoms. The number of rotatable bonds is 2. The van der Waals surface area contributed by atoms with Crippen molar-refractivity contribution in [1.82, 2.24) is 0 Å². The van der Waals surface area contributed by atoms with E-state index in [0.29, 0.717) is 5.25 Å².